The molecule has 1 heterocycles. The molecule has 2 fully saturated rings. The van der Waals surface area contributed by atoms with Gasteiger partial charge in [-0.1, -0.05) is 0 Å². The van der Waals surface area contributed by atoms with Crippen molar-refractivity contribution in [2.45, 2.75) is 37.8 Å². The Labute approximate surface area is 84.1 Å². The summed E-state index contributed by atoms with van der Waals surface area (Å²) in [7, 11) is 0. The summed E-state index contributed by atoms with van der Waals surface area (Å²) in [6.45, 7) is 1.19. The van der Waals surface area contributed by atoms with E-state index >= 15 is 0 Å². The Kier molecular flexibility index (Phi) is 2.74. The Hall–Kier alpha value is -0.610. The lowest BCUT2D eigenvalue weighted by molar-refractivity contribution is -0.130. The smallest absolute Gasteiger partial charge is 0.224 e. The summed E-state index contributed by atoms with van der Waals surface area (Å²) in [5.74, 6) is 0.687. The molecule has 0 bridgehead atoms. The summed E-state index contributed by atoms with van der Waals surface area (Å²) in [4.78, 5) is 13.4. The molecule has 1 aliphatic carbocycles. The van der Waals surface area contributed by atoms with Crippen LogP contribution < -0.4 is 5.73 Å². The van der Waals surface area contributed by atoms with Crippen molar-refractivity contribution in [2.24, 2.45) is 11.7 Å². The summed E-state index contributed by atoms with van der Waals surface area (Å²) in [5, 5.41) is 9.28. The van der Waals surface area contributed by atoms with E-state index in [-0.39, 0.29) is 18.1 Å². The van der Waals surface area contributed by atoms with Crippen molar-refractivity contribution in [3.8, 4) is 0 Å². The van der Waals surface area contributed by atoms with Crippen LogP contribution in [0.3, 0.4) is 0 Å². The first-order chi connectivity index (χ1) is 6.66. The standard InChI is InChI=1S/C10H18N2O2/c11-9(7-1-2-7)5-10(14)12-4-3-8(13)6-12/h7-9,13H,1-6,11H2/t8-,9?/m0/s1. The van der Waals surface area contributed by atoms with E-state index in [1.807, 2.05) is 0 Å². The van der Waals surface area contributed by atoms with Crippen molar-refractivity contribution in [1.29, 1.82) is 0 Å². The van der Waals surface area contributed by atoms with Gasteiger partial charge < -0.3 is 15.7 Å². The van der Waals surface area contributed by atoms with Crippen LogP contribution in [0.1, 0.15) is 25.7 Å². The van der Waals surface area contributed by atoms with E-state index in [1.165, 1.54) is 12.8 Å². The first-order valence-electron chi connectivity index (χ1n) is 5.38. The highest BCUT2D eigenvalue weighted by Gasteiger charge is 2.32. The second-order valence-corrected chi connectivity index (χ2v) is 4.49. The third kappa shape index (κ3) is 2.25. The first kappa shape index (κ1) is 9.93. The average Bonchev–Trinajstić information content (AvgIpc) is 2.89. The van der Waals surface area contributed by atoms with Crippen molar-refractivity contribution in [3.63, 3.8) is 0 Å². The molecule has 2 atom stereocenters. The molecule has 80 valence electrons. The zero-order valence-electron chi connectivity index (χ0n) is 8.35. The van der Waals surface area contributed by atoms with Gasteiger partial charge in [-0.25, -0.2) is 0 Å². The molecule has 0 spiro atoms. The Morgan fingerprint density at radius 2 is 2.21 bits per heavy atom. The molecule has 1 saturated carbocycles. The monoisotopic (exact) mass is 198 g/mol. The molecule has 4 heteroatoms. The molecule has 1 unspecified atom stereocenters. The van der Waals surface area contributed by atoms with Gasteiger partial charge in [0, 0.05) is 25.6 Å². The number of carbonyl (C=O) groups is 1. The Morgan fingerprint density at radius 1 is 1.50 bits per heavy atom. The van der Waals surface area contributed by atoms with Gasteiger partial charge in [0.05, 0.1) is 6.10 Å². The fourth-order valence-corrected chi connectivity index (χ4v) is 1.99. The lowest BCUT2D eigenvalue weighted by atomic mass is 10.1. The normalized spacial score (nSPS) is 29.3. The number of aliphatic hydroxyl groups excluding tert-OH is 1. The van der Waals surface area contributed by atoms with E-state index in [0.717, 1.165) is 0 Å². The van der Waals surface area contributed by atoms with Crippen molar-refractivity contribution in [1.82, 2.24) is 4.90 Å². The number of hydrogen-bond acceptors (Lipinski definition) is 3. The average molecular weight is 198 g/mol. The van der Waals surface area contributed by atoms with Gasteiger partial charge in [-0.05, 0) is 25.2 Å². The van der Waals surface area contributed by atoms with Crippen molar-refractivity contribution in [2.75, 3.05) is 13.1 Å². The molecule has 0 aromatic carbocycles. The van der Waals surface area contributed by atoms with Crippen LogP contribution in [0.4, 0.5) is 0 Å². The first-order valence-corrected chi connectivity index (χ1v) is 5.38. The fourth-order valence-electron chi connectivity index (χ4n) is 1.99. The molecular weight excluding hydrogens is 180 g/mol. The van der Waals surface area contributed by atoms with Crippen molar-refractivity contribution in [3.05, 3.63) is 0 Å². The molecule has 1 saturated heterocycles. The van der Waals surface area contributed by atoms with Crippen LogP contribution in [-0.2, 0) is 4.79 Å². The third-order valence-electron chi connectivity index (χ3n) is 3.15. The number of aliphatic hydroxyl groups is 1. The van der Waals surface area contributed by atoms with E-state index in [0.29, 0.717) is 31.8 Å². The van der Waals surface area contributed by atoms with E-state index in [9.17, 15) is 9.90 Å². The largest absolute Gasteiger partial charge is 0.391 e. The number of amides is 1. The number of rotatable bonds is 3. The Balaban J connectivity index is 1.77. The summed E-state index contributed by atoms with van der Waals surface area (Å²) in [6, 6.07) is 0.0419. The van der Waals surface area contributed by atoms with Crippen molar-refractivity contribution >= 4 is 5.91 Å². The number of likely N-dealkylation sites (tertiary alicyclic amines) is 1. The van der Waals surface area contributed by atoms with Crippen LogP contribution in [0, 0.1) is 5.92 Å². The van der Waals surface area contributed by atoms with Crippen LogP contribution >= 0.6 is 0 Å². The van der Waals surface area contributed by atoms with Gasteiger partial charge in [-0.2, -0.15) is 0 Å². The highest BCUT2D eigenvalue weighted by Crippen LogP contribution is 2.33. The SMILES string of the molecule is NC(CC(=O)N1CC[C@H](O)C1)C1CC1. The maximum Gasteiger partial charge on any atom is 0.224 e. The maximum absolute atomic E-state index is 11.7. The van der Waals surface area contributed by atoms with Crippen LogP contribution in [0.25, 0.3) is 0 Å². The molecular formula is C10H18N2O2. The molecule has 3 N–H and O–H groups in total. The molecule has 14 heavy (non-hydrogen) atoms. The molecule has 0 radical (unpaired) electrons. The lowest BCUT2D eigenvalue weighted by Crippen LogP contribution is -2.35. The Bertz CT molecular complexity index is 228. The molecule has 1 amide bonds. The minimum atomic E-state index is -0.323. The van der Waals surface area contributed by atoms with E-state index in [1.54, 1.807) is 4.90 Å². The van der Waals surface area contributed by atoms with Crippen LogP contribution in [0.15, 0.2) is 0 Å². The Morgan fingerprint density at radius 3 is 2.71 bits per heavy atom. The maximum atomic E-state index is 11.7. The number of nitrogens with zero attached hydrogens (tertiary/aromatic N) is 1. The minimum Gasteiger partial charge on any atom is -0.391 e. The highest BCUT2D eigenvalue weighted by atomic mass is 16.3. The van der Waals surface area contributed by atoms with Crippen LogP contribution in [0.2, 0.25) is 0 Å². The molecule has 0 aromatic heterocycles. The van der Waals surface area contributed by atoms with Gasteiger partial charge in [-0.15, -0.1) is 0 Å². The van der Waals surface area contributed by atoms with E-state index < -0.39 is 0 Å². The van der Waals surface area contributed by atoms with Gasteiger partial charge >= 0.3 is 0 Å². The zero-order chi connectivity index (χ0) is 10.1. The molecule has 4 nitrogen and oxygen atoms in total. The van der Waals surface area contributed by atoms with Gasteiger partial charge in [0.1, 0.15) is 0 Å². The second-order valence-electron chi connectivity index (χ2n) is 4.49. The van der Waals surface area contributed by atoms with Gasteiger partial charge in [0.15, 0.2) is 0 Å². The number of carbonyl (C=O) groups excluding carboxylic acids is 1. The second kappa shape index (κ2) is 3.87. The topological polar surface area (TPSA) is 66.6 Å². The molecule has 1 aliphatic heterocycles. The number of hydrogen-bond donors (Lipinski definition) is 2. The quantitative estimate of drug-likeness (QED) is 0.654. The summed E-state index contributed by atoms with van der Waals surface area (Å²) in [6.07, 6.45) is 3.20. The van der Waals surface area contributed by atoms with Gasteiger partial charge in [0.25, 0.3) is 0 Å². The summed E-state index contributed by atoms with van der Waals surface area (Å²) < 4.78 is 0. The summed E-state index contributed by atoms with van der Waals surface area (Å²) >= 11 is 0. The van der Waals surface area contributed by atoms with Crippen molar-refractivity contribution < 1.29 is 9.90 Å². The fraction of sp³-hybridized carbons (Fsp3) is 0.900. The highest BCUT2D eigenvalue weighted by molar-refractivity contribution is 5.77. The molecule has 2 rings (SSSR count). The predicted molar refractivity (Wildman–Crippen MR) is 52.5 cm³/mol. The zero-order valence-corrected chi connectivity index (χ0v) is 8.35. The number of nitrogens with two attached hydrogens (primary N) is 1. The molecule has 2 aliphatic rings. The lowest BCUT2D eigenvalue weighted by Gasteiger charge is -2.18. The van der Waals surface area contributed by atoms with E-state index in [2.05, 4.69) is 0 Å². The third-order valence-corrected chi connectivity index (χ3v) is 3.15. The summed E-state index contributed by atoms with van der Waals surface area (Å²) in [5.41, 5.74) is 5.87. The van der Waals surface area contributed by atoms with Crippen LogP contribution in [0.5, 0.6) is 0 Å². The number of β-amino-alcohol motifs (C(OH)–C–C–N with tert-alkyl or cyclic N) is 1. The predicted octanol–water partition coefficient (Wildman–Crippen LogP) is -0.293. The molecule has 0 aromatic rings. The van der Waals surface area contributed by atoms with E-state index in [4.69, 9.17) is 5.73 Å². The van der Waals surface area contributed by atoms with Crippen LogP contribution in [-0.4, -0.2) is 41.1 Å². The van der Waals surface area contributed by atoms with Gasteiger partial charge in [-0.3, -0.25) is 4.79 Å². The minimum absolute atomic E-state index is 0.0419. The van der Waals surface area contributed by atoms with Gasteiger partial charge in [0.2, 0.25) is 5.91 Å².